The highest BCUT2D eigenvalue weighted by molar-refractivity contribution is 5.40. The molecule has 0 unspecified atom stereocenters. The number of hydrogen-bond donors (Lipinski definition) is 1. The van der Waals surface area contributed by atoms with Gasteiger partial charge >= 0.3 is 0 Å². The molecular formula is C15H25NO2. The van der Waals surface area contributed by atoms with Crippen LogP contribution in [0.4, 0.5) is 0 Å². The Morgan fingerprint density at radius 1 is 1.17 bits per heavy atom. The van der Waals surface area contributed by atoms with Crippen LogP contribution in [0.25, 0.3) is 0 Å². The van der Waals surface area contributed by atoms with Crippen molar-refractivity contribution in [3.8, 4) is 5.75 Å². The molecule has 18 heavy (non-hydrogen) atoms. The van der Waals surface area contributed by atoms with Gasteiger partial charge in [0.05, 0.1) is 6.61 Å². The second-order valence-corrected chi connectivity index (χ2v) is 4.41. The van der Waals surface area contributed by atoms with Crippen LogP contribution in [0.2, 0.25) is 0 Å². The number of ether oxygens (including phenoxy) is 2. The summed E-state index contributed by atoms with van der Waals surface area (Å²) < 4.78 is 11.3. The van der Waals surface area contributed by atoms with E-state index >= 15 is 0 Å². The van der Waals surface area contributed by atoms with Gasteiger partial charge in [-0.2, -0.15) is 0 Å². The van der Waals surface area contributed by atoms with Gasteiger partial charge in [-0.05, 0) is 26.0 Å². The summed E-state index contributed by atoms with van der Waals surface area (Å²) in [6, 6.07) is 6.23. The Labute approximate surface area is 110 Å². The predicted octanol–water partition coefficient (Wildman–Crippen LogP) is 2.91. The monoisotopic (exact) mass is 251 g/mol. The van der Waals surface area contributed by atoms with E-state index in [1.807, 2.05) is 7.05 Å². The lowest BCUT2D eigenvalue weighted by atomic mass is 10.1. The fourth-order valence-electron chi connectivity index (χ4n) is 1.80. The molecule has 0 radical (unpaired) electrons. The zero-order valence-electron chi connectivity index (χ0n) is 11.8. The molecular weight excluding hydrogens is 226 g/mol. The molecule has 1 N–H and O–H groups in total. The molecule has 0 aliphatic rings. The van der Waals surface area contributed by atoms with Crippen LogP contribution >= 0.6 is 0 Å². The fraction of sp³-hybridized carbons (Fsp3) is 0.600. The maximum Gasteiger partial charge on any atom is 0.126 e. The first-order chi connectivity index (χ1) is 8.79. The molecule has 0 amide bonds. The lowest BCUT2D eigenvalue weighted by Gasteiger charge is -2.14. The molecule has 1 aromatic rings. The molecule has 0 saturated heterocycles. The van der Waals surface area contributed by atoms with E-state index in [1.165, 1.54) is 17.5 Å². The Kier molecular flexibility index (Phi) is 7.46. The van der Waals surface area contributed by atoms with Crippen molar-refractivity contribution in [2.75, 3.05) is 26.9 Å². The zero-order valence-corrected chi connectivity index (χ0v) is 11.8. The summed E-state index contributed by atoms with van der Waals surface area (Å²) in [7, 11) is 1.94. The molecule has 1 rings (SSSR count). The van der Waals surface area contributed by atoms with Crippen LogP contribution in [0.3, 0.4) is 0 Å². The third kappa shape index (κ3) is 5.07. The van der Waals surface area contributed by atoms with E-state index in [9.17, 15) is 0 Å². The van der Waals surface area contributed by atoms with E-state index in [4.69, 9.17) is 9.47 Å². The van der Waals surface area contributed by atoms with Crippen LogP contribution in [0, 0.1) is 6.92 Å². The van der Waals surface area contributed by atoms with Gasteiger partial charge in [0.15, 0.2) is 0 Å². The largest absolute Gasteiger partial charge is 0.491 e. The summed E-state index contributed by atoms with van der Waals surface area (Å²) in [4.78, 5) is 0. The van der Waals surface area contributed by atoms with Crippen molar-refractivity contribution in [1.82, 2.24) is 5.32 Å². The van der Waals surface area contributed by atoms with E-state index in [1.54, 1.807) is 0 Å². The minimum atomic E-state index is 0.616. The zero-order chi connectivity index (χ0) is 13.2. The van der Waals surface area contributed by atoms with E-state index in [2.05, 4.69) is 37.4 Å². The van der Waals surface area contributed by atoms with Gasteiger partial charge in [-0.25, -0.2) is 0 Å². The molecule has 0 heterocycles. The Balaban J connectivity index is 2.40. The molecule has 1 aromatic carbocycles. The standard InChI is InChI=1S/C15H25NO2/c1-4-5-9-17-10-11-18-15-13(2)7-6-8-14(15)12-16-3/h6-8,16H,4-5,9-12H2,1-3H3. The number of para-hydroxylation sites is 1. The second kappa shape index (κ2) is 8.95. The van der Waals surface area contributed by atoms with Gasteiger partial charge in [-0.3, -0.25) is 0 Å². The van der Waals surface area contributed by atoms with Crippen LogP contribution in [0.1, 0.15) is 30.9 Å². The van der Waals surface area contributed by atoms with Crippen molar-refractivity contribution < 1.29 is 9.47 Å². The molecule has 0 saturated carbocycles. The maximum atomic E-state index is 5.84. The van der Waals surface area contributed by atoms with Crippen LogP contribution in [-0.4, -0.2) is 26.9 Å². The lowest BCUT2D eigenvalue weighted by molar-refractivity contribution is 0.0975. The van der Waals surface area contributed by atoms with Crippen molar-refractivity contribution in [3.63, 3.8) is 0 Å². The van der Waals surface area contributed by atoms with E-state index in [0.29, 0.717) is 13.2 Å². The van der Waals surface area contributed by atoms with E-state index < -0.39 is 0 Å². The molecule has 0 aliphatic heterocycles. The summed E-state index contributed by atoms with van der Waals surface area (Å²) in [6.45, 7) is 7.17. The average molecular weight is 251 g/mol. The quantitative estimate of drug-likeness (QED) is 0.685. The Morgan fingerprint density at radius 3 is 2.72 bits per heavy atom. The van der Waals surface area contributed by atoms with Gasteiger partial charge in [-0.15, -0.1) is 0 Å². The van der Waals surface area contributed by atoms with Gasteiger partial charge in [-0.1, -0.05) is 31.5 Å². The highest BCUT2D eigenvalue weighted by Gasteiger charge is 2.05. The number of nitrogens with one attached hydrogen (secondary N) is 1. The molecule has 3 nitrogen and oxygen atoms in total. The smallest absolute Gasteiger partial charge is 0.126 e. The van der Waals surface area contributed by atoms with Crippen molar-refractivity contribution in [2.24, 2.45) is 0 Å². The minimum Gasteiger partial charge on any atom is -0.491 e. The van der Waals surface area contributed by atoms with Gasteiger partial charge in [0, 0.05) is 18.7 Å². The molecule has 0 atom stereocenters. The Morgan fingerprint density at radius 2 is 2.00 bits per heavy atom. The van der Waals surface area contributed by atoms with Gasteiger partial charge in [0.1, 0.15) is 12.4 Å². The fourth-order valence-corrected chi connectivity index (χ4v) is 1.80. The molecule has 102 valence electrons. The maximum absolute atomic E-state index is 5.84. The summed E-state index contributed by atoms with van der Waals surface area (Å²) in [6.07, 6.45) is 2.29. The Bertz CT molecular complexity index is 339. The second-order valence-electron chi connectivity index (χ2n) is 4.41. The van der Waals surface area contributed by atoms with E-state index in [-0.39, 0.29) is 0 Å². The van der Waals surface area contributed by atoms with Crippen LogP contribution < -0.4 is 10.1 Å². The molecule has 0 bridgehead atoms. The first-order valence-corrected chi connectivity index (χ1v) is 6.73. The number of aryl methyl sites for hydroxylation is 1. The first-order valence-electron chi connectivity index (χ1n) is 6.73. The third-order valence-electron chi connectivity index (χ3n) is 2.78. The highest BCUT2D eigenvalue weighted by Crippen LogP contribution is 2.23. The number of rotatable bonds is 9. The Hall–Kier alpha value is -1.06. The van der Waals surface area contributed by atoms with Crippen molar-refractivity contribution in [1.29, 1.82) is 0 Å². The normalized spacial score (nSPS) is 10.6. The number of unbranched alkanes of at least 4 members (excludes halogenated alkanes) is 1. The number of hydrogen-bond acceptors (Lipinski definition) is 3. The lowest BCUT2D eigenvalue weighted by Crippen LogP contribution is -2.12. The van der Waals surface area contributed by atoms with Crippen LogP contribution in [-0.2, 0) is 11.3 Å². The van der Waals surface area contributed by atoms with Crippen LogP contribution in [0.15, 0.2) is 18.2 Å². The minimum absolute atomic E-state index is 0.616. The molecule has 0 aromatic heterocycles. The predicted molar refractivity (Wildman–Crippen MR) is 75.2 cm³/mol. The highest BCUT2D eigenvalue weighted by atomic mass is 16.5. The first kappa shape index (κ1) is 15.0. The molecule has 0 spiro atoms. The SMILES string of the molecule is CCCCOCCOc1c(C)cccc1CNC. The molecule has 0 fully saturated rings. The average Bonchev–Trinajstić information content (AvgIpc) is 2.36. The van der Waals surface area contributed by atoms with Crippen molar-refractivity contribution in [2.45, 2.75) is 33.2 Å². The summed E-state index contributed by atoms with van der Waals surface area (Å²) in [5, 5.41) is 3.16. The molecule has 0 aliphatic carbocycles. The van der Waals surface area contributed by atoms with Crippen molar-refractivity contribution >= 4 is 0 Å². The van der Waals surface area contributed by atoms with E-state index in [0.717, 1.165) is 25.3 Å². The van der Waals surface area contributed by atoms with Gasteiger partial charge in [0.2, 0.25) is 0 Å². The van der Waals surface area contributed by atoms with Crippen LogP contribution in [0.5, 0.6) is 5.75 Å². The summed E-state index contributed by atoms with van der Waals surface area (Å²) in [5.41, 5.74) is 2.38. The van der Waals surface area contributed by atoms with Gasteiger partial charge in [0.25, 0.3) is 0 Å². The van der Waals surface area contributed by atoms with Crippen molar-refractivity contribution in [3.05, 3.63) is 29.3 Å². The van der Waals surface area contributed by atoms with Gasteiger partial charge < -0.3 is 14.8 Å². The number of benzene rings is 1. The third-order valence-corrected chi connectivity index (χ3v) is 2.78. The molecule has 3 heteroatoms. The summed E-state index contributed by atoms with van der Waals surface area (Å²) >= 11 is 0. The topological polar surface area (TPSA) is 30.5 Å². The summed E-state index contributed by atoms with van der Waals surface area (Å²) in [5.74, 6) is 0.992.